The van der Waals surface area contributed by atoms with Crippen molar-refractivity contribution < 1.29 is 0 Å². The number of nitrogens with two attached hydrogens (primary N) is 1. The van der Waals surface area contributed by atoms with Crippen molar-refractivity contribution in [1.29, 1.82) is 0 Å². The lowest BCUT2D eigenvalue weighted by Crippen LogP contribution is -2.13. The van der Waals surface area contributed by atoms with Crippen LogP contribution >= 0.6 is 0 Å². The Bertz CT molecular complexity index is 473. The van der Waals surface area contributed by atoms with Gasteiger partial charge in [0.2, 0.25) is 0 Å². The number of H-pyrrole nitrogens is 1. The molecule has 1 saturated carbocycles. The zero-order chi connectivity index (χ0) is 11.0. The Morgan fingerprint density at radius 2 is 2.00 bits per heavy atom. The van der Waals surface area contributed by atoms with E-state index in [1.165, 1.54) is 12.8 Å². The fraction of sp³-hybridized carbons (Fsp3) is 0.333. The molecule has 4 heteroatoms. The fourth-order valence-electron chi connectivity index (χ4n) is 1.78. The van der Waals surface area contributed by atoms with Gasteiger partial charge in [-0.2, -0.15) is 5.10 Å². The highest BCUT2D eigenvalue weighted by Gasteiger charge is 2.28. The molecule has 0 spiro atoms. The van der Waals surface area contributed by atoms with Gasteiger partial charge in [0, 0.05) is 5.92 Å². The zero-order valence-electron chi connectivity index (χ0n) is 8.93. The first-order chi connectivity index (χ1) is 7.84. The van der Waals surface area contributed by atoms with Gasteiger partial charge in [-0.05, 0) is 18.4 Å². The summed E-state index contributed by atoms with van der Waals surface area (Å²) in [5, 5.41) is 7.17. The van der Waals surface area contributed by atoms with E-state index < -0.39 is 0 Å². The van der Waals surface area contributed by atoms with Crippen LogP contribution in [0.15, 0.2) is 30.3 Å². The summed E-state index contributed by atoms with van der Waals surface area (Å²) in [5.74, 6) is 2.26. The molecule has 4 nitrogen and oxygen atoms in total. The maximum Gasteiger partial charge on any atom is 0.171 e. The first-order valence-electron chi connectivity index (χ1n) is 5.57. The second-order valence-electron chi connectivity index (χ2n) is 4.24. The molecule has 0 radical (unpaired) electrons. The van der Waals surface area contributed by atoms with E-state index in [1.807, 2.05) is 30.3 Å². The number of rotatable bonds is 3. The van der Waals surface area contributed by atoms with Crippen LogP contribution < -0.4 is 5.73 Å². The van der Waals surface area contributed by atoms with Crippen molar-refractivity contribution in [3.05, 3.63) is 47.5 Å². The molecule has 3 rings (SSSR count). The second kappa shape index (κ2) is 3.72. The summed E-state index contributed by atoms with van der Waals surface area (Å²) in [5.41, 5.74) is 7.15. The Morgan fingerprint density at radius 3 is 2.69 bits per heavy atom. The monoisotopic (exact) mass is 214 g/mol. The first kappa shape index (κ1) is 9.54. The summed E-state index contributed by atoms with van der Waals surface area (Å²) >= 11 is 0. The van der Waals surface area contributed by atoms with Crippen LogP contribution in [-0.2, 0) is 0 Å². The van der Waals surface area contributed by atoms with Crippen LogP contribution in [0.2, 0.25) is 0 Å². The van der Waals surface area contributed by atoms with Crippen LogP contribution in [0, 0.1) is 0 Å². The van der Waals surface area contributed by atoms with E-state index in [2.05, 4.69) is 15.2 Å². The normalized spacial score (nSPS) is 17.3. The molecule has 3 N–H and O–H groups in total. The predicted octanol–water partition coefficient (Wildman–Crippen LogP) is 1.73. The van der Waals surface area contributed by atoms with Crippen LogP contribution in [0.5, 0.6) is 0 Å². The molecular weight excluding hydrogens is 200 g/mol. The van der Waals surface area contributed by atoms with Crippen molar-refractivity contribution in [2.45, 2.75) is 24.8 Å². The maximum atomic E-state index is 6.11. The predicted molar refractivity (Wildman–Crippen MR) is 60.8 cm³/mol. The van der Waals surface area contributed by atoms with E-state index >= 15 is 0 Å². The summed E-state index contributed by atoms with van der Waals surface area (Å²) < 4.78 is 0. The summed E-state index contributed by atoms with van der Waals surface area (Å²) in [6, 6.07) is 9.69. The largest absolute Gasteiger partial charge is 0.318 e. The summed E-state index contributed by atoms with van der Waals surface area (Å²) in [4.78, 5) is 4.46. The average Bonchev–Trinajstić information content (AvgIpc) is 3.08. The quantitative estimate of drug-likeness (QED) is 0.817. The molecule has 0 bridgehead atoms. The molecular formula is C12H14N4. The van der Waals surface area contributed by atoms with Crippen LogP contribution in [0.3, 0.4) is 0 Å². The van der Waals surface area contributed by atoms with Gasteiger partial charge in [0.1, 0.15) is 5.82 Å². The van der Waals surface area contributed by atoms with Gasteiger partial charge in [-0.25, -0.2) is 4.98 Å². The van der Waals surface area contributed by atoms with Crippen molar-refractivity contribution in [1.82, 2.24) is 15.2 Å². The molecule has 1 atom stereocenters. The number of hydrogen-bond donors (Lipinski definition) is 2. The Balaban J connectivity index is 1.85. The molecule has 1 aliphatic rings. The summed E-state index contributed by atoms with van der Waals surface area (Å²) in [6.07, 6.45) is 2.43. The molecule has 1 aliphatic carbocycles. The van der Waals surface area contributed by atoms with Crippen molar-refractivity contribution >= 4 is 0 Å². The van der Waals surface area contributed by atoms with Crippen molar-refractivity contribution in [3.8, 4) is 0 Å². The first-order valence-corrected chi connectivity index (χ1v) is 5.57. The Labute approximate surface area is 93.9 Å². The number of benzene rings is 1. The van der Waals surface area contributed by atoms with Crippen LogP contribution in [-0.4, -0.2) is 15.2 Å². The molecule has 0 saturated heterocycles. The van der Waals surface area contributed by atoms with E-state index in [-0.39, 0.29) is 6.04 Å². The van der Waals surface area contributed by atoms with Crippen LogP contribution in [0.1, 0.15) is 42.0 Å². The topological polar surface area (TPSA) is 67.6 Å². The van der Waals surface area contributed by atoms with Gasteiger partial charge in [0.15, 0.2) is 5.82 Å². The maximum absolute atomic E-state index is 6.11. The van der Waals surface area contributed by atoms with E-state index in [9.17, 15) is 0 Å². The lowest BCUT2D eigenvalue weighted by molar-refractivity contribution is 0.787. The molecule has 1 aromatic carbocycles. The standard InChI is InChI=1S/C12H14N4/c13-10(8-4-2-1-3-5-8)12-14-11(15-16-12)9-6-7-9/h1-5,9-10H,6-7,13H2,(H,14,15,16). The van der Waals surface area contributed by atoms with Crippen molar-refractivity contribution in [2.75, 3.05) is 0 Å². The lowest BCUT2D eigenvalue weighted by Gasteiger charge is -2.06. The smallest absolute Gasteiger partial charge is 0.171 e. The molecule has 1 aromatic heterocycles. The average molecular weight is 214 g/mol. The Kier molecular flexibility index (Phi) is 2.22. The molecule has 16 heavy (non-hydrogen) atoms. The van der Waals surface area contributed by atoms with E-state index in [0.29, 0.717) is 11.7 Å². The highest BCUT2D eigenvalue weighted by molar-refractivity contribution is 5.24. The zero-order valence-corrected chi connectivity index (χ0v) is 8.93. The van der Waals surface area contributed by atoms with Crippen molar-refractivity contribution in [3.63, 3.8) is 0 Å². The van der Waals surface area contributed by atoms with Crippen LogP contribution in [0.4, 0.5) is 0 Å². The third-order valence-corrected chi connectivity index (χ3v) is 2.92. The number of aromatic nitrogens is 3. The number of nitrogens with one attached hydrogen (secondary N) is 1. The SMILES string of the molecule is NC(c1ccccc1)c1n[nH]c(C2CC2)n1. The molecule has 1 heterocycles. The van der Waals surface area contributed by atoms with Gasteiger partial charge in [-0.3, -0.25) is 5.10 Å². The minimum absolute atomic E-state index is 0.232. The third kappa shape index (κ3) is 1.72. The summed E-state index contributed by atoms with van der Waals surface area (Å²) in [6.45, 7) is 0. The second-order valence-corrected chi connectivity index (χ2v) is 4.24. The van der Waals surface area contributed by atoms with E-state index in [4.69, 9.17) is 5.73 Å². The highest BCUT2D eigenvalue weighted by Crippen LogP contribution is 2.38. The third-order valence-electron chi connectivity index (χ3n) is 2.92. The van der Waals surface area contributed by atoms with Gasteiger partial charge in [0.25, 0.3) is 0 Å². The summed E-state index contributed by atoms with van der Waals surface area (Å²) in [7, 11) is 0. The number of nitrogens with zero attached hydrogens (tertiary/aromatic N) is 2. The minimum atomic E-state index is -0.232. The van der Waals surface area contributed by atoms with Gasteiger partial charge in [-0.15, -0.1) is 0 Å². The number of aromatic amines is 1. The van der Waals surface area contributed by atoms with Crippen molar-refractivity contribution in [2.24, 2.45) is 5.73 Å². The Morgan fingerprint density at radius 1 is 1.25 bits per heavy atom. The minimum Gasteiger partial charge on any atom is -0.318 e. The number of hydrogen-bond acceptors (Lipinski definition) is 3. The lowest BCUT2D eigenvalue weighted by atomic mass is 10.1. The molecule has 0 aliphatic heterocycles. The van der Waals surface area contributed by atoms with Gasteiger partial charge in [0.05, 0.1) is 6.04 Å². The Hall–Kier alpha value is -1.68. The molecule has 1 unspecified atom stereocenters. The van der Waals surface area contributed by atoms with Gasteiger partial charge >= 0.3 is 0 Å². The van der Waals surface area contributed by atoms with E-state index in [1.54, 1.807) is 0 Å². The van der Waals surface area contributed by atoms with Gasteiger partial charge in [-0.1, -0.05) is 30.3 Å². The highest BCUT2D eigenvalue weighted by atomic mass is 15.2. The molecule has 82 valence electrons. The fourth-order valence-corrected chi connectivity index (χ4v) is 1.78. The van der Waals surface area contributed by atoms with E-state index in [0.717, 1.165) is 11.4 Å². The molecule has 2 aromatic rings. The molecule has 1 fully saturated rings. The van der Waals surface area contributed by atoms with Gasteiger partial charge < -0.3 is 5.73 Å². The molecule has 0 amide bonds. The van der Waals surface area contributed by atoms with Crippen LogP contribution in [0.25, 0.3) is 0 Å².